The van der Waals surface area contributed by atoms with Gasteiger partial charge in [-0.1, -0.05) is 22.5 Å². The smallest absolute Gasteiger partial charge is 0.133 e. The van der Waals surface area contributed by atoms with Crippen LogP contribution in [-0.2, 0) is 6.54 Å². The highest BCUT2D eigenvalue weighted by Crippen LogP contribution is 2.34. The van der Waals surface area contributed by atoms with Gasteiger partial charge in [0.15, 0.2) is 0 Å². The summed E-state index contributed by atoms with van der Waals surface area (Å²) in [4.78, 5) is 6.76. The van der Waals surface area contributed by atoms with Crippen LogP contribution >= 0.6 is 31.9 Å². The lowest BCUT2D eigenvalue weighted by Crippen LogP contribution is -2.27. The summed E-state index contributed by atoms with van der Waals surface area (Å²) >= 11 is 7.11. The van der Waals surface area contributed by atoms with Crippen molar-refractivity contribution in [2.24, 2.45) is 16.5 Å². The molecular formula is C19H22Br2N6O. The topological polar surface area (TPSA) is 94.7 Å². The van der Waals surface area contributed by atoms with Crippen molar-refractivity contribution in [3.8, 4) is 5.75 Å². The Balaban J connectivity index is 1.88. The number of halogens is 2. The quantitative estimate of drug-likeness (QED) is 0.559. The van der Waals surface area contributed by atoms with Crippen molar-refractivity contribution in [1.29, 1.82) is 0 Å². The number of hydrogen-bond donors (Lipinski definition) is 2. The molecule has 0 unspecified atom stereocenters. The number of benzene rings is 1. The van der Waals surface area contributed by atoms with Gasteiger partial charge in [-0.3, -0.25) is 9.58 Å². The molecule has 1 aliphatic heterocycles. The molecule has 1 aromatic heterocycles. The second-order valence-electron chi connectivity index (χ2n) is 6.40. The summed E-state index contributed by atoms with van der Waals surface area (Å²) in [6.45, 7) is 6.69. The second kappa shape index (κ2) is 8.93. The molecule has 0 saturated heterocycles. The van der Waals surface area contributed by atoms with E-state index in [2.05, 4.69) is 53.4 Å². The molecule has 2 heterocycles. The van der Waals surface area contributed by atoms with Gasteiger partial charge in [0.1, 0.15) is 11.6 Å². The maximum atomic E-state index is 6.39. The summed E-state index contributed by atoms with van der Waals surface area (Å²) in [5.41, 5.74) is 15.5. The maximum absolute atomic E-state index is 6.39. The first-order valence-corrected chi connectivity index (χ1v) is 10.2. The van der Waals surface area contributed by atoms with Crippen LogP contribution in [0.15, 0.2) is 68.2 Å². The van der Waals surface area contributed by atoms with Gasteiger partial charge in [0.25, 0.3) is 0 Å². The molecule has 0 aliphatic carbocycles. The first kappa shape index (κ1) is 20.6. The van der Waals surface area contributed by atoms with Gasteiger partial charge < -0.3 is 16.2 Å². The average molecular weight is 510 g/mol. The Hall–Kier alpha value is -2.10. The molecule has 0 amide bonds. The lowest BCUT2D eigenvalue weighted by atomic mass is 10.0. The number of nitrogens with two attached hydrogens (primary N) is 2. The van der Waals surface area contributed by atoms with E-state index in [1.165, 1.54) is 0 Å². The van der Waals surface area contributed by atoms with E-state index < -0.39 is 0 Å². The predicted octanol–water partition coefficient (Wildman–Crippen LogP) is 2.86. The van der Waals surface area contributed by atoms with E-state index in [1.807, 2.05) is 29.1 Å². The number of methoxy groups -OCH3 is 1. The van der Waals surface area contributed by atoms with Crippen LogP contribution in [0.1, 0.15) is 5.56 Å². The molecule has 0 radical (unpaired) electrons. The first-order chi connectivity index (χ1) is 13.4. The zero-order chi connectivity index (χ0) is 20.3. The summed E-state index contributed by atoms with van der Waals surface area (Å²) < 4.78 is 9.04. The lowest BCUT2D eigenvalue weighted by molar-refractivity contribution is 0.321. The molecule has 28 heavy (non-hydrogen) atoms. The predicted molar refractivity (Wildman–Crippen MR) is 118 cm³/mol. The highest BCUT2D eigenvalue weighted by molar-refractivity contribution is 9.11. The van der Waals surface area contributed by atoms with E-state index >= 15 is 0 Å². The standard InChI is InChI=1S/C19H22Br2N6O/c1-12(22)25-19(13-8-18(28-2)16(21)9-15(13)20)14-10-26(11-17(14)23)6-7-27-5-3-4-24-27/h3-5,8-9H,1,6-7,10-11,22-23H2,2H3. The molecule has 1 aromatic carbocycles. The molecule has 9 heteroatoms. The van der Waals surface area contributed by atoms with Gasteiger partial charge in [-0.05, 0) is 34.1 Å². The Bertz CT molecular complexity index is 936. The van der Waals surface area contributed by atoms with Crippen molar-refractivity contribution in [2.45, 2.75) is 6.54 Å². The largest absolute Gasteiger partial charge is 0.496 e. The minimum atomic E-state index is 0.221. The van der Waals surface area contributed by atoms with Gasteiger partial charge in [0.05, 0.1) is 23.8 Å². The molecule has 0 bridgehead atoms. The Kier molecular flexibility index (Phi) is 6.58. The number of aromatic nitrogens is 2. The lowest BCUT2D eigenvalue weighted by Gasteiger charge is -2.17. The molecule has 0 fully saturated rings. The van der Waals surface area contributed by atoms with E-state index in [9.17, 15) is 0 Å². The van der Waals surface area contributed by atoms with Crippen LogP contribution in [-0.4, -0.2) is 47.1 Å². The van der Waals surface area contributed by atoms with Gasteiger partial charge in [0.2, 0.25) is 0 Å². The van der Waals surface area contributed by atoms with Crippen LogP contribution in [0.4, 0.5) is 0 Å². The number of rotatable bonds is 7. The van der Waals surface area contributed by atoms with Crippen LogP contribution in [0.2, 0.25) is 0 Å². The van der Waals surface area contributed by atoms with Crippen molar-refractivity contribution in [2.75, 3.05) is 26.7 Å². The van der Waals surface area contributed by atoms with Crippen LogP contribution in [0.3, 0.4) is 0 Å². The summed E-state index contributed by atoms with van der Waals surface area (Å²) in [5, 5.41) is 4.24. The SMILES string of the molecule is C=C(N)N=C(C1=C(N)CN(CCn2cccn2)C1)c1cc(OC)c(Br)cc1Br. The first-order valence-electron chi connectivity index (χ1n) is 8.63. The van der Waals surface area contributed by atoms with Gasteiger partial charge in [-0.15, -0.1) is 0 Å². The Labute approximate surface area is 181 Å². The van der Waals surface area contributed by atoms with Gasteiger partial charge in [0, 0.05) is 53.3 Å². The second-order valence-corrected chi connectivity index (χ2v) is 8.11. The number of ether oxygens (including phenoxy) is 1. The molecule has 4 N–H and O–H groups in total. The molecule has 7 nitrogen and oxygen atoms in total. The highest BCUT2D eigenvalue weighted by Gasteiger charge is 2.26. The third-order valence-electron chi connectivity index (χ3n) is 4.41. The van der Waals surface area contributed by atoms with Gasteiger partial charge in [-0.25, -0.2) is 4.99 Å². The zero-order valence-corrected chi connectivity index (χ0v) is 18.7. The minimum Gasteiger partial charge on any atom is -0.496 e. The number of aliphatic imine (C=N–C) groups is 1. The van der Waals surface area contributed by atoms with E-state index in [4.69, 9.17) is 16.2 Å². The molecule has 0 saturated carbocycles. The van der Waals surface area contributed by atoms with Crippen molar-refractivity contribution in [3.05, 3.63) is 68.8 Å². The van der Waals surface area contributed by atoms with Crippen LogP contribution in [0.25, 0.3) is 0 Å². The number of hydrogen-bond acceptors (Lipinski definition) is 6. The normalized spacial score (nSPS) is 15.3. The zero-order valence-electron chi connectivity index (χ0n) is 15.5. The Morgan fingerprint density at radius 1 is 1.29 bits per heavy atom. The van der Waals surface area contributed by atoms with Crippen molar-refractivity contribution in [1.82, 2.24) is 14.7 Å². The summed E-state index contributed by atoms with van der Waals surface area (Å²) in [5.74, 6) is 0.917. The fourth-order valence-corrected chi connectivity index (χ4v) is 4.42. The molecular weight excluding hydrogens is 488 g/mol. The molecule has 148 valence electrons. The maximum Gasteiger partial charge on any atom is 0.133 e. The molecule has 0 spiro atoms. The van der Waals surface area contributed by atoms with Gasteiger partial charge in [-0.2, -0.15) is 5.10 Å². The Morgan fingerprint density at radius 2 is 2.07 bits per heavy atom. The minimum absolute atomic E-state index is 0.221. The Morgan fingerprint density at radius 3 is 2.71 bits per heavy atom. The van der Waals surface area contributed by atoms with Crippen molar-refractivity contribution < 1.29 is 4.74 Å². The van der Waals surface area contributed by atoms with Crippen LogP contribution in [0.5, 0.6) is 5.75 Å². The third kappa shape index (κ3) is 4.65. The molecule has 2 aromatic rings. The third-order valence-corrected chi connectivity index (χ3v) is 5.68. The van der Waals surface area contributed by atoms with Crippen molar-refractivity contribution >= 4 is 37.6 Å². The van der Waals surface area contributed by atoms with E-state index in [-0.39, 0.29) is 5.82 Å². The van der Waals surface area contributed by atoms with Gasteiger partial charge >= 0.3 is 0 Å². The molecule has 3 rings (SSSR count). The average Bonchev–Trinajstić information content (AvgIpc) is 3.28. The molecule has 0 atom stereocenters. The fraction of sp³-hybridized carbons (Fsp3) is 0.263. The monoisotopic (exact) mass is 508 g/mol. The summed E-state index contributed by atoms with van der Waals surface area (Å²) in [6, 6.07) is 5.74. The van der Waals surface area contributed by atoms with Crippen molar-refractivity contribution in [3.63, 3.8) is 0 Å². The van der Waals surface area contributed by atoms with E-state index in [1.54, 1.807) is 13.3 Å². The molecule has 1 aliphatic rings. The number of nitrogens with zero attached hydrogens (tertiary/aromatic N) is 4. The van der Waals surface area contributed by atoms with Crippen LogP contribution in [0, 0.1) is 0 Å². The van der Waals surface area contributed by atoms with Crippen LogP contribution < -0.4 is 16.2 Å². The van der Waals surface area contributed by atoms with E-state index in [0.29, 0.717) is 24.6 Å². The fourth-order valence-electron chi connectivity index (χ4n) is 3.08. The highest BCUT2D eigenvalue weighted by atomic mass is 79.9. The summed E-state index contributed by atoms with van der Waals surface area (Å²) in [7, 11) is 1.62. The van der Waals surface area contributed by atoms with E-state index in [0.717, 1.165) is 38.9 Å². The summed E-state index contributed by atoms with van der Waals surface area (Å²) in [6.07, 6.45) is 3.72.